The monoisotopic (exact) mass is 836 g/mol. The summed E-state index contributed by atoms with van der Waals surface area (Å²) in [4.78, 5) is 0. The zero-order chi connectivity index (χ0) is 43.3. The quantitative estimate of drug-likeness (QED) is 0.158. The van der Waals surface area contributed by atoms with Crippen LogP contribution in [-0.2, 0) is 0 Å². The molecule has 2 heteroatoms. The maximum absolute atomic E-state index is 2.49. The molecule has 1 aliphatic carbocycles. The van der Waals surface area contributed by atoms with Crippen molar-refractivity contribution in [3.05, 3.63) is 243 Å². The first-order valence-corrected chi connectivity index (χ1v) is 22.8. The molecule has 0 aliphatic heterocycles. The van der Waals surface area contributed by atoms with Crippen molar-refractivity contribution in [1.29, 1.82) is 0 Å². The molecule has 0 saturated heterocycles. The lowest BCUT2D eigenvalue weighted by molar-refractivity contribution is 1.18. The highest BCUT2D eigenvalue weighted by Gasteiger charge is 2.26. The smallest absolute Gasteiger partial charge is 0.0553 e. The van der Waals surface area contributed by atoms with Gasteiger partial charge in [0.25, 0.3) is 0 Å². The van der Waals surface area contributed by atoms with Crippen LogP contribution in [0.25, 0.3) is 133 Å². The Labute approximate surface area is 382 Å². The second-order valence-electron chi connectivity index (χ2n) is 17.7. The molecule has 66 heavy (non-hydrogen) atoms. The van der Waals surface area contributed by atoms with E-state index in [-0.39, 0.29) is 0 Å². The summed E-state index contributed by atoms with van der Waals surface area (Å²) in [5.74, 6) is 0. The fourth-order valence-corrected chi connectivity index (χ4v) is 11.0. The Bertz CT molecular complexity index is 4080. The van der Waals surface area contributed by atoms with E-state index in [2.05, 4.69) is 252 Å². The summed E-state index contributed by atoms with van der Waals surface area (Å²) >= 11 is 0. The van der Waals surface area contributed by atoms with Gasteiger partial charge in [-0.1, -0.05) is 176 Å². The van der Waals surface area contributed by atoms with E-state index in [1.165, 1.54) is 121 Å². The predicted molar refractivity (Wildman–Crippen MR) is 279 cm³/mol. The number of para-hydroxylation sites is 1. The third-order valence-corrected chi connectivity index (χ3v) is 14.0. The van der Waals surface area contributed by atoms with Crippen LogP contribution in [0.15, 0.2) is 243 Å². The maximum Gasteiger partial charge on any atom is 0.0553 e. The first kappa shape index (κ1) is 36.7. The van der Waals surface area contributed by atoms with Gasteiger partial charge in [0.2, 0.25) is 0 Å². The number of benzene rings is 11. The molecule has 0 amide bonds. The van der Waals surface area contributed by atoms with Crippen LogP contribution in [-0.4, -0.2) is 9.13 Å². The summed E-state index contributed by atoms with van der Waals surface area (Å²) in [5, 5.41) is 7.67. The molecule has 0 bridgehead atoms. The molecule has 2 heterocycles. The number of rotatable bonds is 6. The summed E-state index contributed by atoms with van der Waals surface area (Å²) in [6, 6.07) is 89.4. The van der Waals surface area contributed by atoms with Gasteiger partial charge in [-0.25, -0.2) is 0 Å². The topological polar surface area (TPSA) is 9.86 Å². The van der Waals surface area contributed by atoms with Crippen LogP contribution in [0.5, 0.6) is 0 Å². The zero-order valence-electron chi connectivity index (χ0n) is 36.0. The largest absolute Gasteiger partial charge is 0.309 e. The fraction of sp³-hybridized carbons (Fsp3) is 0. The highest BCUT2D eigenvalue weighted by Crippen LogP contribution is 2.51. The fourth-order valence-electron chi connectivity index (χ4n) is 11.0. The molecule has 0 N–H and O–H groups in total. The summed E-state index contributed by atoms with van der Waals surface area (Å²) in [7, 11) is 0. The van der Waals surface area contributed by atoms with Crippen molar-refractivity contribution in [2.24, 2.45) is 0 Å². The highest BCUT2D eigenvalue weighted by molar-refractivity contribution is 6.29. The number of aromatic nitrogens is 2. The zero-order valence-corrected chi connectivity index (χ0v) is 36.0. The van der Waals surface area contributed by atoms with Gasteiger partial charge in [0.15, 0.2) is 0 Å². The molecule has 2 aromatic heterocycles. The molecule has 0 saturated carbocycles. The summed E-state index contributed by atoms with van der Waals surface area (Å²) in [6.45, 7) is 0. The average molecular weight is 837 g/mol. The molecule has 0 atom stereocenters. The molecule has 0 fully saturated rings. The predicted octanol–water partition coefficient (Wildman–Crippen LogP) is 17.3. The van der Waals surface area contributed by atoms with Gasteiger partial charge >= 0.3 is 0 Å². The Kier molecular flexibility index (Phi) is 8.02. The van der Waals surface area contributed by atoms with E-state index in [1.54, 1.807) is 0 Å². The Balaban J connectivity index is 0.951. The minimum Gasteiger partial charge on any atom is -0.309 e. The van der Waals surface area contributed by atoms with Crippen LogP contribution in [0.2, 0.25) is 0 Å². The van der Waals surface area contributed by atoms with Gasteiger partial charge < -0.3 is 9.13 Å². The van der Waals surface area contributed by atoms with Gasteiger partial charge in [0.05, 0.1) is 22.1 Å². The van der Waals surface area contributed by atoms with Crippen molar-refractivity contribution in [3.8, 4) is 78.1 Å². The number of hydrogen-bond donors (Lipinski definition) is 0. The molecule has 11 aromatic carbocycles. The van der Waals surface area contributed by atoms with Crippen LogP contribution >= 0.6 is 0 Å². The van der Waals surface area contributed by atoms with Crippen molar-refractivity contribution in [2.45, 2.75) is 0 Å². The summed E-state index contributed by atoms with van der Waals surface area (Å²) in [6.07, 6.45) is 0. The lowest BCUT2D eigenvalue weighted by Gasteiger charge is -2.12. The van der Waals surface area contributed by atoms with Crippen molar-refractivity contribution in [2.75, 3.05) is 0 Å². The minimum absolute atomic E-state index is 1.14. The van der Waals surface area contributed by atoms with E-state index < -0.39 is 0 Å². The normalized spacial score (nSPS) is 11.9. The molecule has 14 rings (SSSR count). The molecule has 2 nitrogen and oxygen atoms in total. The van der Waals surface area contributed by atoms with Gasteiger partial charge in [-0.2, -0.15) is 0 Å². The number of hydrogen-bond acceptors (Lipinski definition) is 0. The van der Waals surface area contributed by atoms with Gasteiger partial charge in [0, 0.05) is 32.9 Å². The van der Waals surface area contributed by atoms with E-state index in [4.69, 9.17) is 0 Å². The van der Waals surface area contributed by atoms with Crippen LogP contribution in [0.4, 0.5) is 0 Å². The first-order valence-electron chi connectivity index (χ1n) is 22.8. The summed E-state index contributed by atoms with van der Waals surface area (Å²) < 4.78 is 4.91. The third-order valence-electron chi connectivity index (χ3n) is 14.0. The second kappa shape index (κ2) is 14.4. The van der Waals surface area contributed by atoms with E-state index >= 15 is 0 Å². The molecule has 0 unspecified atom stereocenters. The molecule has 0 spiro atoms. The van der Waals surface area contributed by atoms with Crippen molar-refractivity contribution in [1.82, 2.24) is 9.13 Å². The van der Waals surface area contributed by atoms with Crippen molar-refractivity contribution < 1.29 is 0 Å². The second-order valence-corrected chi connectivity index (χ2v) is 17.7. The van der Waals surface area contributed by atoms with Crippen molar-refractivity contribution >= 4 is 54.4 Å². The van der Waals surface area contributed by atoms with E-state index in [0.29, 0.717) is 0 Å². The van der Waals surface area contributed by atoms with E-state index in [0.717, 1.165) is 11.4 Å². The van der Waals surface area contributed by atoms with Gasteiger partial charge in [-0.05, 0) is 144 Å². The summed E-state index contributed by atoms with van der Waals surface area (Å²) in [5.41, 5.74) is 22.0. The Morgan fingerprint density at radius 2 is 0.667 bits per heavy atom. The average Bonchev–Trinajstić information content (AvgIpc) is 4.03. The molecule has 306 valence electrons. The molecule has 1 aliphatic rings. The van der Waals surface area contributed by atoms with E-state index in [1.807, 2.05) is 0 Å². The highest BCUT2D eigenvalue weighted by atomic mass is 15.0. The Hall–Kier alpha value is -8.72. The van der Waals surface area contributed by atoms with Crippen LogP contribution in [0.3, 0.4) is 0 Å². The Morgan fingerprint density at radius 1 is 0.197 bits per heavy atom. The van der Waals surface area contributed by atoms with Crippen LogP contribution in [0.1, 0.15) is 0 Å². The molecule has 0 radical (unpaired) electrons. The van der Waals surface area contributed by atoms with Gasteiger partial charge in [0.1, 0.15) is 0 Å². The molecular formula is C64H40N2. The van der Waals surface area contributed by atoms with Crippen LogP contribution < -0.4 is 0 Å². The first-order chi connectivity index (χ1) is 32.7. The molecular weight excluding hydrogens is 797 g/mol. The van der Waals surface area contributed by atoms with Crippen LogP contribution in [0, 0.1) is 0 Å². The maximum atomic E-state index is 2.49. The van der Waals surface area contributed by atoms with E-state index in [9.17, 15) is 0 Å². The number of nitrogens with zero attached hydrogens (tertiary/aromatic N) is 2. The van der Waals surface area contributed by atoms with Crippen molar-refractivity contribution in [3.63, 3.8) is 0 Å². The van der Waals surface area contributed by atoms with Gasteiger partial charge in [-0.3, -0.25) is 0 Å². The number of fused-ring (bicyclic) bond motifs is 10. The standard InChI is InChI=1S/C64H40N2/c1-3-14-41(15-4-1)44-18-11-19-45(36-44)43-28-32-49(33-29-43)65-61-35-31-48(39-58(61)64-55-26-13-25-54-51-22-7-8-23-52(51)57(63(54)55)40-62(64)65)47-30-34-60-56(38-47)53-24-9-10-27-59(53)66(60)50-21-12-20-46(37-50)42-16-5-2-6-17-42/h1-40H. The third kappa shape index (κ3) is 5.55. The van der Waals surface area contributed by atoms with Gasteiger partial charge in [-0.15, -0.1) is 0 Å². The molecule has 13 aromatic rings. The lowest BCUT2D eigenvalue weighted by atomic mass is 9.96. The SMILES string of the molecule is c1ccc(-c2cccc(-c3ccc(-n4c5ccc(-c6ccc7c(c6)c6ccccc6n7-c6cccc(-c7ccccc7)c6)cc5c5c6cccc7c6c(cc54)-c4ccccc4-7)cc3)c2)cc1. The minimum atomic E-state index is 1.14. The Morgan fingerprint density at radius 3 is 1.39 bits per heavy atom. The lowest BCUT2D eigenvalue weighted by Crippen LogP contribution is -1.94.